The highest BCUT2D eigenvalue weighted by atomic mass is 35.5. The van der Waals surface area contributed by atoms with Gasteiger partial charge in [-0.1, -0.05) is 29.9 Å². The van der Waals surface area contributed by atoms with Crippen LogP contribution in [-0.4, -0.2) is 81.1 Å². The second-order valence-corrected chi connectivity index (χ2v) is 12.3. The summed E-state index contributed by atoms with van der Waals surface area (Å²) in [5.41, 5.74) is 2.96. The number of likely N-dealkylation sites (tertiary alicyclic amines) is 1. The molecular formula is C29H37ClFN7O2S. The normalized spacial score (nSPS) is 18.3. The van der Waals surface area contributed by atoms with Gasteiger partial charge in [-0.3, -0.25) is 14.6 Å². The Bertz CT molecular complexity index is 1400. The average Bonchev–Trinajstić information content (AvgIpc) is 3.54. The summed E-state index contributed by atoms with van der Waals surface area (Å²) in [5, 5.41) is 13.4. The van der Waals surface area contributed by atoms with Crippen LogP contribution in [0.2, 0.25) is 5.02 Å². The highest BCUT2D eigenvalue weighted by Crippen LogP contribution is 2.37. The number of benzene rings is 1. The van der Waals surface area contributed by atoms with E-state index in [1.165, 1.54) is 24.2 Å². The molecule has 4 heterocycles. The van der Waals surface area contributed by atoms with E-state index < -0.39 is 11.8 Å². The van der Waals surface area contributed by atoms with Crippen molar-refractivity contribution in [3.63, 3.8) is 0 Å². The number of halogens is 2. The summed E-state index contributed by atoms with van der Waals surface area (Å²) in [5.74, 6) is -0.518. The van der Waals surface area contributed by atoms with Crippen LogP contribution in [0.25, 0.3) is 11.3 Å². The molecule has 2 fully saturated rings. The maximum atomic E-state index is 15.9. The second-order valence-electron chi connectivity index (χ2n) is 10.8. The number of anilines is 3. The molecule has 2 aliphatic heterocycles. The van der Waals surface area contributed by atoms with Crippen molar-refractivity contribution in [1.82, 2.24) is 24.8 Å². The maximum absolute atomic E-state index is 15.9. The molecule has 0 unspecified atom stereocenters. The zero-order valence-corrected chi connectivity index (χ0v) is 25.4. The fourth-order valence-corrected chi connectivity index (χ4v) is 6.78. The van der Waals surface area contributed by atoms with Gasteiger partial charge in [0.05, 0.1) is 12.1 Å². The number of carboxylic acids is 1. The zero-order chi connectivity index (χ0) is 29.1. The van der Waals surface area contributed by atoms with E-state index in [1.54, 1.807) is 6.92 Å². The Kier molecular flexibility index (Phi) is 9.38. The number of hydrogen-bond donors (Lipinski definition) is 2. The van der Waals surface area contributed by atoms with Crippen molar-refractivity contribution in [2.24, 2.45) is 0 Å². The van der Waals surface area contributed by atoms with Gasteiger partial charge >= 0.3 is 5.97 Å². The number of aliphatic carboxylic acids is 1. The van der Waals surface area contributed by atoms with Crippen molar-refractivity contribution in [3.05, 3.63) is 45.3 Å². The van der Waals surface area contributed by atoms with E-state index in [2.05, 4.69) is 45.0 Å². The lowest BCUT2D eigenvalue weighted by Gasteiger charge is -2.35. The minimum absolute atomic E-state index is 0.0957. The van der Waals surface area contributed by atoms with E-state index in [4.69, 9.17) is 21.7 Å². The number of rotatable bonds is 10. The van der Waals surface area contributed by atoms with E-state index in [-0.39, 0.29) is 18.1 Å². The number of carbonyl (C=O) groups is 1. The molecule has 1 aromatic carbocycles. The van der Waals surface area contributed by atoms with Crippen LogP contribution in [0.4, 0.5) is 21.2 Å². The highest BCUT2D eigenvalue weighted by molar-refractivity contribution is 7.16. The SMILES string of the molecule is CCc1cc(Cl)cc(-c2nc(Nc3nc(C)nc(N4CCN(CCC(=O)O)CC4)c3F)sc2CN2CCC[C@H]2C)c1. The number of piperazine rings is 1. The summed E-state index contributed by atoms with van der Waals surface area (Å²) >= 11 is 8.00. The van der Waals surface area contributed by atoms with Crippen LogP contribution in [0.5, 0.6) is 0 Å². The second kappa shape index (κ2) is 13.0. The van der Waals surface area contributed by atoms with Gasteiger partial charge in [-0.2, -0.15) is 4.39 Å². The first kappa shape index (κ1) is 29.6. The first-order valence-corrected chi connectivity index (χ1v) is 15.4. The number of hydrogen-bond acceptors (Lipinski definition) is 9. The third-order valence-corrected chi connectivity index (χ3v) is 9.03. The molecule has 0 spiro atoms. The molecule has 220 valence electrons. The third kappa shape index (κ3) is 7.14. The fraction of sp³-hybridized carbons (Fsp3) is 0.517. The molecule has 0 aliphatic carbocycles. The standard InChI is InChI=1S/C29H37ClFN7O2S/c1-4-20-14-21(16-22(30)15-20)26-23(17-38-8-5-6-18(38)2)41-29(34-26)35-27-25(31)28(33-19(3)32-27)37-12-10-36(11-13-37)9-7-24(39)40/h14-16,18H,4-13,17H2,1-3H3,(H,39,40)(H,32,33,34,35)/t18-/m1/s1. The van der Waals surface area contributed by atoms with Crippen molar-refractivity contribution in [3.8, 4) is 11.3 Å². The van der Waals surface area contributed by atoms with Crippen LogP contribution < -0.4 is 10.2 Å². The summed E-state index contributed by atoms with van der Waals surface area (Å²) < 4.78 is 15.9. The molecule has 2 N–H and O–H groups in total. The Morgan fingerprint density at radius 1 is 1.17 bits per heavy atom. The molecule has 2 saturated heterocycles. The molecule has 0 amide bonds. The number of aryl methyl sites for hydroxylation is 2. The summed E-state index contributed by atoms with van der Waals surface area (Å²) in [6.07, 6.45) is 3.32. The lowest BCUT2D eigenvalue weighted by Crippen LogP contribution is -2.47. The molecule has 2 aliphatic rings. The molecule has 0 bridgehead atoms. The van der Waals surface area contributed by atoms with Crippen molar-refractivity contribution in [2.75, 3.05) is 49.5 Å². The van der Waals surface area contributed by atoms with E-state index in [1.807, 2.05) is 17.0 Å². The van der Waals surface area contributed by atoms with Crippen molar-refractivity contribution in [1.29, 1.82) is 0 Å². The Balaban J connectivity index is 1.41. The molecule has 9 nitrogen and oxygen atoms in total. The predicted molar refractivity (Wildman–Crippen MR) is 162 cm³/mol. The first-order valence-electron chi connectivity index (χ1n) is 14.2. The number of nitrogens with one attached hydrogen (secondary N) is 1. The van der Waals surface area contributed by atoms with E-state index in [0.717, 1.165) is 41.2 Å². The van der Waals surface area contributed by atoms with Crippen molar-refractivity contribution >= 4 is 45.7 Å². The lowest BCUT2D eigenvalue weighted by atomic mass is 10.1. The largest absolute Gasteiger partial charge is 0.481 e. The van der Waals surface area contributed by atoms with Gasteiger partial charge in [0.15, 0.2) is 16.8 Å². The van der Waals surface area contributed by atoms with E-state index in [9.17, 15) is 4.79 Å². The number of aromatic nitrogens is 3. The van der Waals surface area contributed by atoms with Gasteiger partial charge in [-0.15, -0.1) is 0 Å². The minimum atomic E-state index is -0.815. The number of thiazole rings is 1. The summed E-state index contributed by atoms with van der Waals surface area (Å²) in [6, 6.07) is 6.55. The molecule has 3 aromatic rings. The number of carboxylic acid groups (broad SMARTS) is 1. The topological polar surface area (TPSA) is 97.7 Å². The van der Waals surface area contributed by atoms with E-state index in [0.29, 0.717) is 54.7 Å². The predicted octanol–water partition coefficient (Wildman–Crippen LogP) is 5.59. The minimum Gasteiger partial charge on any atom is -0.481 e. The smallest absolute Gasteiger partial charge is 0.304 e. The monoisotopic (exact) mass is 601 g/mol. The van der Waals surface area contributed by atoms with Crippen LogP contribution in [-0.2, 0) is 17.8 Å². The van der Waals surface area contributed by atoms with Gasteiger partial charge in [-0.25, -0.2) is 15.0 Å². The molecule has 0 radical (unpaired) electrons. The Morgan fingerprint density at radius 3 is 2.63 bits per heavy atom. The molecule has 41 heavy (non-hydrogen) atoms. The highest BCUT2D eigenvalue weighted by Gasteiger charge is 2.26. The average molecular weight is 602 g/mol. The van der Waals surface area contributed by atoms with Crippen LogP contribution >= 0.6 is 22.9 Å². The Morgan fingerprint density at radius 2 is 1.95 bits per heavy atom. The number of nitrogens with zero attached hydrogens (tertiary/aromatic N) is 6. The third-order valence-electron chi connectivity index (χ3n) is 7.86. The Hall–Kier alpha value is -2.86. The fourth-order valence-electron chi connectivity index (χ4n) is 5.52. The maximum Gasteiger partial charge on any atom is 0.304 e. The summed E-state index contributed by atoms with van der Waals surface area (Å²) in [4.78, 5) is 32.2. The van der Waals surface area contributed by atoms with Gasteiger partial charge in [0, 0.05) is 60.8 Å². The molecular weight excluding hydrogens is 565 g/mol. The molecule has 2 aromatic heterocycles. The van der Waals surface area contributed by atoms with Gasteiger partial charge < -0.3 is 15.3 Å². The van der Waals surface area contributed by atoms with Gasteiger partial charge in [-0.05, 0) is 63.4 Å². The molecule has 1 atom stereocenters. The van der Waals surface area contributed by atoms with Crippen LogP contribution in [0.1, 0.15) is 49.4 Å². The molecule has 0 saturated carbocycles. The molecule has 12 heteroatoms. The van der Waals surface area contributed by atoms with E-state index >= 15 is 4.39 Å². The van der Waals surface area contributed by atoms with Gasteiger partial charge in [0.1, 0.15) is 5.82 Å². The first-order chi connectivity index (χ1) is 19.7. The van der Waals surface area contributed by atoms with Gasteiger partial charge in [0.2, 0.25) is 5.82 Å². The van der Waals surface area contributed by atoms with Crippen LogP contribution in [0.3, 0.4) is 0 Å². The summed E-state index contributed by atoms with van der Waals surface area (Å²) in [7, 11) is 0. The van der Waals surface area contributed by atoms with Crippen LogP contribution in [0.15, 0.2) is 18.2 Å². The van der Waals surface area contributed by atoms with Gasteiger partial charge in [0.25, 0.3) is 0 Å². The van der Waals surface area contributed by atoms with Crippen LogP contribution in [0, 0.1) is 12.7 Å². The van der Waals surface area contributed by atoms with Crippen molar-refractivity contribution in [2.45, 2.75) is 59.0 Å². The lowest BCUT2D eigenvalue weighted by molar-refractivity contribution is -0.137. The summed E-state index contributed by atoms with van der Waals surface area (Å²) in [6.45, 7) is 10.8. The van der Waals surface area contributed by atoms with Crippen molar-refractivity contribution < 1.29 is 14.3 Å². The quantitative estimate of drug-likeness (QED) is 0.308. The Labute approximate surface area is 249 Å². The zero-order valence-electron chi connectivity index (χ0n) is 23.8. The molecule has 5 rings (SSSR count).